The van der Waals surface area contributed by atoms with E-state index in [9.17, 15) is 10.1 Å². The number of carbonyl (C=O) groups is 1. The van der Waals surface area contributed by atoms with E-state index in [1.165, 1.54) is 0 Å². The van der Waals surface area contributed by atoms with Gasteiger partial charge >= 0.3 is 0 Å². The summed E-state index contributed by atoms with van der Waals surface area (Å²) < 4.78 is 1.79. The molecule has 1 atom stereocenters. The Kier molecular flexibility index (Phi) is 4.00. The zero-order valence-corrected chi connectivity index (χ0v) is 14.1. The third kappa shape index (κ3) is 3.02. The van der Waals surface area contributed by atoms with E-state index in [4.69, 9.17) is 0 Å². The van der Waals surface area contributed by atoms with Gasteiger partial charge in [0.05, 0.1) is 30.3 Å². The molecule has 2 aliphatic rings. The van der Waals surface area contributed by atoms with Gasteiger partial charge < -0.3 is 4.90 Å². The summed E-state index contributed by atoms with van der Waals surface area (Å²) >= 11 is 0. The van der Waals surface area contributed by atoms with Crippen molar-refractivity contribution in [3.8, 4) is 6.07 Å². The van der Waals surface area contributed by atoms with Crippen molar-refractivity contribution in [1.29, 1.82) is 5.26 Å². The van der Waals surface area contributed by atoms with E-state index in [0.717, 1.165) is 44.2 Å². The van der Waals surface area contributed by atoms with Crippen molar-refractivity contribution in [1.82, 2.24) is 19.9 Å². The van der Waals surface area contributed by atoms with Crippen molar-refractivity contribution in [2.45, 2.75) is 50.1 Å². The van der Waals surface area contributed by atoms with Gasteiger partial charge in [-0.25, -0.2) is 0 Å². The Morgan fingerprint density at radius 3 is 2.72 bits per heavy atom. The van der Waals surface area contributed by atoms with Crippen LogP contribution in [0.4, 0.5) is 0 Å². The summed E-state index contributed by atoms with van der Waals surface area (Å²) in [7, 11) is 0. The lowest BCUT2D eigenvalue weighted by atomic mass is 9.95. The van der Waals surface area contributed by atoms with Crippen LogP contribution in [-0.2, 0) is 12.0 Å². The number of hydrogen-bond acceptors (Lipinski definition) is 4. The van der Waals surface area contributed by atoms with Crippen molar-refractivity contribution in [3.05, 3.63) is 47.8 Å². The Morgan fingerprint density at radius 2 is 2.08 bits per heavy atom. The first-order valence-electron chi connectivity index (χ1n) is 8.89. The molecule has 0 spiro atoms. The van der Waals surface area contributed by atoms with Gasteiger partial charge in [0.1, 0.15) is 0 Å². The van der Waals surface area contributed by atoms with Gasteiger partial charge in [0.2, 0.25) is 0 Å². The lowest BCUT2D eigenvalue weighted by Gasteiger charge is -2.35. The largest absolute Gasteiger partial charge is 0.334 e. The minimum absolute atomic E-state index is 0.0677. The van der Waals surface area contributed by atoms with E-state index < -0.39 is 0 Å². The fourth-order valence-electron chi connectivity index (χ4n) is 3.69. The van der Waals surface area contributed by atoms with Crippen LogP contribution in [0.1, 0.15) is 48.0 Å². The number of aromatic nitrogens is 3. The molecule has 1 aromatic heterocycles. The van der Waals surface area contributed by atoms with Crippen molar-refractivity contribution in [3.63, 3.8) is 0 Å². The predicted molar refractivity (Wildman–Crippen MR) is 91.7 cm³/mol. The van der Waals surface area contributed by atoms with E-state index >= 15 is 0 Å². The summed E-state index contributed by atoms with van der Waals surface area (Å²) in [6.07, 6.45) is 8.49. The molecule has 6 heteroatoms. The molecule has 1 saturated carbocycles. The predicted octanol–water partition coefficient (Wildman–Crippen LogP) is 2.53. The number of piperidine rings is 1. The summed E-state index contributed by atoms with van der Waals surface area (Å²) in [4.78, 5) is 15.0. The molecule has 1 aromatic carbocycles. The zero-order chi connectivity index (χ0) is 17.3. The molecule has 0 N–H and O–H groups in total. The average molecular weight is 335 g/mol. The van der Waals surface area contributed by atoms with Gasteiger partial charge in [0.25, 0.3) is 5.91 Å². The summed E-state index contributed by atoms with van der Waals surface area (Å²) in [6, 6.07) is 10.2. The number of benzene rings is 1. The second-order valence-corrected chi connectivity index (χ2v) is 7.04. The first kappa shape index (κ1) is 15.8. The SMILES string of the molecule is N#CC1(c2ccc(C(=O)N3CCCCC3Cn3ccnn3)cc2)CC1. The minimum Gasteiger partial charge on any atom is -0.334 e. The summed E-state index contributed by atoms with van der Waals surface area (Å²) in [5.74, 6) is 0.0677. The molecule has 0 radical (unpaired) electrons. The van der Waals surface area contributed by atoms with Gasteiger partial charge in [-0.05, 0) is 49.8 Å². The maximum atomic E-state index is 13.0. The first-order valence-corrected chi connectivity index (χ1v) is 8.89. The second-order valence-electron chi connectivity index (χ2n) is 7.04. The molecule has 1 saturated heterocycles. The quantitative estimate of drug-likeness (QED) is 0.860. The molecular weight excluding hydrogens is 314 g/mol. The Labute approximate surface area is 147 Å². The smallest absolute Gasteiger partial charge is 0.254 e. The number of carbonyl (C=O) groups excluding carboxylic acids is 1. The molecule has 2 heterocycles. The third-order valence-electron chi connectivity index (χ3n) is 5.41. The van der Waals surface area contributed by atoms with Gasteiger partial charge in [-0.15, -0.1) is 5.10 Å². The number of rotatable bonds is 4. The van der Waals surface area contributed by atoms with Crippen LogP contribution in [0.5, 0.6) is 0 Å². The van der Waals surface area contributed by atoms with Crippen LogP contribution in [0.25, 0.3) is 0 Å². The van der Waals surface area contributed by atoms with Gasteiger partial charge in [-0.1, -0.05) is 17.3 Å². The Hall–Kier alpha value is -2.68. The Bertz CT molecular complexity index is 786. The van der Waals surface area contributed by atoms with Gasteiger partial charge in [0.15, 0.2) is 0 Å². The van der Waals surface area contributed by atoms with E-state index in [0.29, 0.717) is 12.1 Å². The number of hydrogen-bond donors (Lipinski definition) is 0. The van der Waals surface area contributed by atoms with Gasteiger partial charge in [-0.2, -0.15) is 5.26 Å². The Balaban J connectivity index is 1.51. The third-order valence-corrected chi connectivity index (χ3v) is 5.41. The van der Waals surface area contributed by atoms with E-state index in [1.807, 2.05) is 35.4 Å². The molecule has 128 valence electrons. The van der Waals surface area contributed by atoms with Crippen LogP contribution in [0, 0.1) is 11.3 Å². The Morgan fingerprint density at radius 1 is 1.28 bits per heavy atom. The first-order chi connectivity index (χ1) is 12.2. The van der Waals surface area contributed by atoms with Crippen LogP contribution in [0.3, 0.4) is 0 Å². The van der Waals surface area contributed by atoms with E-state index in [-0.39, 0.29) is 17.4 Å². The lowest BCUT2D eigenvalue weighted by molar-refractivity contribution is 0.0583. The van der Waals surface area contributed by atoms with Crippen LogP contribution in [-0.4, -0.2) is 38.4 Å². The fraction of sp³-hybridized carbons (Fsp3) is 0.474. The van der Waals surface area contributed by atoms with Crippen molar-refractivity contribution < 1.29 is 4.79 Å². The maximum Gasteiger partial charge on any atom is 0.254 e. The summed E-state index contributed by atoms with van der Waals surface area (Å²) in [5, 5.41) is 17.2. The molecule has 25 heavy (non-hydrogen) atoms. The molecule has 1 aliphatic heterocycles. The topological polar surface area (TPSA) is 74.8 Å². The molecule has 1 amide bonds. The molecule has 0 bridgehead atoms. The molecule has 4 rings (SSSR count). The van der Waals surface area contributed by atoms with E-state index in [1.54, 1.807) is 10.9 Å². The highest BCUT2D eigenvalue weighted by molar-refractivity contribution is 5.94. The van der Waals surface area contributed by atoms with Crippen LogP contribution >= 0.6 is 0 Å². The number of amides is 1. The molecule has 1 aliphatic carbocycles. The van der Waals surface area contributed by atoms with Crippen molar-refractivity contribution in [2.24, 2.45) is 0 Å². The normalized spacial score (nSPS) is 21.6. The highest BCUT2D eigenvalue weighted by Gasteiger charge is 2.44. The maximum absolute atomic E-state index is 13.0. The molecular formula is C19H21N5O. The standard InChI is InChI=1S/C19H21N5O/c20-14-19(8-9-19)16-6-4-15(5-7-16)18(25)24-11-2-1-3-17(24)13-23-12-10-21-22-23/h4-7,10,12,17H,1-3,8-9,11,13H2. The number of nitriles is 1. The highest BCUT2D eigenvalue weighted by atomic mass is 16.2. The number of nitrogens with zero attached hydrogens (tertiary/aromatic N) is 5. The molecule has 2 aromatic rings. The fourth-order valence-corrected chi connectivity index (χ4v) is 3.69. The monoisotopic (exact) mass is 335 g/mol. The van der Waals surface area contributed by atoms with Crippen LogP contribution in [0.2, 0.25) is 0 Å². The van der Waals surface area contributed by atoms with E-state index in [2.05, 4.69) is 16.4 Å². The molecule has 6 nitrogen and oxygen atoms in total. The minimum atomic E-state index is -0.303. The number of likely N-dealkylation sites (tertiary alicyclic amines) is 1. The van der Waals surface area contributed by atoms with Crippen LogP contribution < -0.4 is 0 Å². The summed E-state index contributed by atoms with van der Waals surface area (Å²) in [6.45, 7) is 1.46. The highest BCUT2D eigenvalue weighted by Crippen LogP contribution is 2.47. The lowest BCUT2D eigenvalue weighted by Crippen LogP contribution is -2.46. The van der Waals surface area contributed by atoms with Crippen molar-refractivity contribution in [2.75, 3.05) is 6.54 Å². The molecule has 1 unspecified atom stereocenters. The zero-order valence-electron chi connectivity index (χ0n) is 14.1. The average Bonchev–Trinajstić information content (AvgIpc) is 3.31. The molecule has 2 fully saturated rings. The van der Waals surface area contributed by atoms with Crippen molar-refractivity contribution >= 4 is 5.91 Å². The van der Waals surface area contributed by atoms with Gasteiger partial charge in [0, 0.05) is 18.3 Å². The summed E-state index contributed by atoms with van der Waals surface area (Å²) in [5.41, 5.74) is 1.43. The second kappa shape index (κ2) is 6.32. The van der Waals surface area contributed by atoms with Crippen LogP contribution in [0.15, 0.2) is 36.7 Å². The van der Waals surface area contributed by atoms with Gasteiger partial charge in [-0.3, -0.25) is 9.48 Å².